The van der Waals surface area contributed by atoms with Crippen LogP contribution in [0.15, 0.2) is 0 Å². The van der Waals surface area contributed by atoms with E-state index in [9.17, 15) is 29.7 Å². The van der Waals surface area contributed by atoms with E-state index in [-0.39, 0.29) is 52.6 Å². The van der Waals surface area contributed by atoms with E-state index < -0.39 is 17.9 Å². The fourth-order valence-corrected chi connectivity index (χ4v) is 3.79. The Balaban J connectivity index is 4.08. The molecule has 0 aliphatic heterocycles. The van der Waals surface area contributed by atoms with Gasteiger partial charge in [-0.2, -0.15) is 0 Å². The van der Waals surface area contributed by atoms with Gasteiger partial charge in [-0.15, -0.1) is 0 Å². The van der Waals surface area contributed by atoms with Gasteiger partial charge in [0.15, 0.2) is 0 Å². The lowest BCUT2D eigenvalue weighted by atomic mass is 9.82. The van der Waals surface area contributed by atoms with Crippen LogP contribution >= 0.6 is 0 Å². The smallest absolute Gasteiger partial charge is 0.336 e. The van der Waals surface area contributed by atoms with Crippen molar-refractivity contribution < 1.29 is 43.2 Å². The molecule has 1 aromatic rings. The molecule has 0 saturated heterocycles. The summed E-state index contributed by atoms with van der Waals surface area (Å²) in [5, 5.41) is 30.5. The van der Waals surface area contributed by atoms with Gasteiger partial charge >= 0.3 is 17.9 Å². The van der Waals surface area contributed by atoms with Gasteiger partial charge in [-0.05, 0) is 16.7 Å². The first-order chi connectivity index (χ1) is 14.7. The second-order valence-corrected chi connectivity index (χ2v) is 11.8. The number of hydrogen-bond donors (Lipinski definition) is 3. The zero-order chi connectivity index (χ0) is 25.9. The van der Waals surface area contributed by atoms with Crippen molar-refractivity contribution in [1.82, 2.24) is 0 Å². The Morgan fingerprint density at radius 2 is 0.667 bits per heavy atom. The van der Waals surface area contributed by atoms with Crippen molar-refractivity contribution in [2.75, 3.05) is 83.1 Å². The summed E-state index contributed by atoms with van der Waals surface area (Å²) >= 11 is 0. The maximum absolute atomic E-state index is 12.5. The van der Waals surface area contributed by atoms with Crippen molar-refractivity contribution in [3.05, 3.63) is 33.4 Å². The molecule has 0 heterocycles. The molecule has 0 saturated carbocycles. The van der Waals surface area contributed by atoms with E-state index in [2.05, 4.69) is 0 Å². The Hall–Kier alpha value is -2.49. The molecular formula is C24H42N3O6+3. The standard InChI is InChI=1S/C24H39N3O6/c1-25(2,3)13-10-16-19(22(28)29)17(11-14-26(4,5)6)21(24(32)33)18(20(16)23(30)31)12-15-27(7,8)9/h10-15H2,1-9H3/p+3. The summed E-state index contributed by atoms with van der Waals surface area (Å²) in [4.78, 5) is 37.4. The lowest BCUT2D eigenvalue weighted by molar-refractivity contribution is -0.870. The van der Waals surface area contributed by atoms with Crippen molar-refractivity contribution in [2.24, 2.45) is 0 Å². The molecular weight excluding hydrogens is 426 g/mol. The van der Waals surface area contributed by atoms with Gasteiger partial charge in [-0.3, -0.25) is 0 Å². The number of carbonyl (C=O) groups is 3. The fraction of sp³-hybridized carbons (Fsp3) is 0.625. The normalized spacial score (nSPS) is 12.6. The first kappa shape index (κ1) is 28.5. The average Bonchev–Trinajstić information content (AvgIpc) is 2.58. The molecule has 0 aromatic heterocycles. The molecule has 186 valence electrons. The predicted molar refractivity (Wildman–Crippen MR) is 127 cm³/mol. The van der Waals surface area contributed by atoms with Crippen LogP contribution in [0.4, 0.5) is 0 Å². The molecule has 3 N–H and O–H groups in total. The van der Waals surface area contributed by atoms with Crippen LogP contribution < -0.4 is 0 Å². The van der Waals surface area contributed by atoms with Crippen LogP contribution in [0.2, 0.25) is 0 Å². The van der Waals surface area contributed by atoms with E-state index in [0.717, 1.165) is 0 Å². The van der Waals surface area contributed by atoms with Gasteiger partial charge in [-0.25, -0.2) is 14.4 Å². The molecule has 0 aliphatic rings. The Morgan fingerprint density at radius 3 is 0.788 bits per heavy atom. The van der Waals surface area contributed by atoms with Crippen LogP contribution in [0, 0.1) is 0 Å². The third-order valence-electron chi connectivity index (χ3n) is 5.55. The Kier molecular flexibility index (Phi) is 8.82. The highest BCUT2D eigenvalue weighted by Crippen LogP contribution is 2.32. The molecule has 0 fully saturated rings. The molecule has 0 spiro atoms. The summed E-state index contributed by atoms with van der Waals surface area (Å²) in [6.45, 7) is 1.53. The fourth-order valence-electron chi connectivity index (χ4n) is 3.79. The Labute approximate surface area is 197 Å². The maximum atomic E-state index is 12.5. The zero-order valence-corrected chi connectivity index (χ0v) is 21.7. The van der Waals surface area contributed by atoms with Crippen LogP contribution in [0.3, 0.4) is 0 Å². The molecule has 0 aliphatic carbocycles. The third-order valence-corrected chi connectivity index (χ3v) is 5.55. The summed E-state index contributed by atoms with van der Waals surface area (Å²) in [5.41, 5.74) is 0.171. The molecule has 0 atom stereocenters. The number of quaternary nitrogens is 3. The highest BCUT2D eigenvalue weighted by Gasteiger charge is 2.34. The lowest BCUT2D eigenvalue weighted by Gasteiger charge is -2.29. The molecule has 9 nitrogen and oxygen atoms in total. The van der Waals surface area contributed by atoms with Crippen LogP contribution in [-0.2, 0) is 19.3 Å². The monoisotopic (exact) mass is 468 g/mol. The second-order valence-electron chi connectivity index (χ2n) is 11.8. The van der Waals surface area contributed by atoms with Gasteiger partial charge in [0, 0.05) is 19.3 Å². The molecule has 0 amide bonds. The summed E-state index contributed by atoms with van der Waals surface area (Å²) in [6, 6.07) is 0. The van der Waals surface area contributed by atoms with Crippen LogP contribution in [0.5, 0.6) is 0 Å². The third kappa shape index (κ3) is 8.42. The number of likely N-dealkylation sites (N-methyl/N-ethyl adjacent to an activating group) is 3. The number of hydrogen-bond acceptors (Lipinski definition) is 3. The first-order valence-corrected chi connectivity index (χ1v) is 11.1. The molecule has 0 bridgehead atoms. The SMILES string of the molecule is C[N+](C)(C)CCc1c(C(=O)O)c(CC[N+](C)(C)C)c(C(=O)O)c(CC[N+](C)(C)C)c1C(=O)O. The molecule has 0 unspecified atom stereocenters. The molecule has 1 aromatic carbocycles. The van der Waals surface area contributed by atoms with Crippen LogP contribution in [-0.4, -0.2) is 130 Å². The molecule has 33 heavy (non-hydrogen) atoms. The number of carboxylic acid groups (broad SMARTS) is 3. The van der Waals surface area contributed by atoms with Crippen molar-refractivity contribution in [3.63, 3.8) is 0 Å². The zero-order valence-electron chi connectivity index (χ0n) is 21.7. The summed E-state index contributed by atoms with van der Waals surface area (Å²) in [5.74, 6) is -3.86. The van der Waals surface area contributed by atoms with Gasteiger partial charge in [0.2, 0.25) is 0 Å². The summed E-state index contributed by atoms with van der Waals surface area (Å²) in [6.07, 6.45) is 0.671. The minimum Gasteiger partial charge on any atom is -0.478 e. The van der Waals surface area contributed by atoms with Gasteiger partial charge in [0.25, 0.3) is 0 Å². The minimum atomic E-state index is -1.29. The van der Waals surface area contributed by atoms with Gasteiger partial charge in [0.05, 0.1) is 99.8 Å². The first-order valence-electron chi connectivity index (χ1n) is 11.1. The van der Waals surface area contributed by atoms with E-state index in [0.29, 0.717) is 33.1 Å². The summed E-state index contributed by atoms with van der Waals surface area (Å²) in [7, 11) is 17.5. The van der Waals surface area contributed by atoms with Crippen molar-refractivity contribution in [1.29, 1.82) is 0 Å². The number of benzene rings is 1. The van der Waals surface area contributed by atoms with E-state index in [1.54, 1.807) is 0 Å². The predicted octanol–water partition coefficient (Wildman–Crippen LogP) is 1.53. The van der Waals surface area contributed by atoms with Gasteiger partial charge in [-0.1, -0.05) is 0 Å². The second kappa shape index (κ2) is 10.2. The van der Waals surface area contributed by atoms with E-state index in [4.69, 9.17) is 0 Å². The lowest BCUT2D eigenvalue weighted by Crippen LogP contribution is -2.39. The van der Waals surface area contributed by atoms with E-state index in [1.165, 1.54) is 0 Å². The maximum Gasteiger partial charge on any atom is 0.336 e. The number of rotatable bonds is 12. The van der Waals surface area contributed by atoms with Crippen LogP contribution in [0.25, 0.3) is 0 Å². The van der Waals surface area contributed by atoms with E-state index >= 15 is 0 Å². The minimum absolute atomic E-state index is 0.166. The van der Waals surface area contributed by atoms with Gasteiger partial charge in [0.1, 0.15) is 0 Å². The Morgan fingerprint density at radius 1 is 0.485 bits per heavy atom. The topological polar surface area (TPSA) is 112 Å². The van der Waals surface area contributed by atoms with E-state index in [1.807, 2.05) is 63.4 Å². The molecule has 0 radical (unpaired) electrons. The quantitative estimate of drug-likeness (QED) is 0.401. The average molecular weight is 469 g/mol. The number of nitrogens with zero attached hydrogens (tertiary/aromatic N) is 3. The van der Waals surface area contributed by atoms with Crippen molar-refractivity contribution >= 4 is 17.9 Å². The van der Waals surface area contributed by atoms with Gasteiger partial charge < -0.3 is 28.8 Å². The number of carboxylic acids is 3. The highest BCUT2D eigenvalue weighted by molar-refractivity contribution is 6.05. The summed E-state index contributed by atoms with van der Waals surface area (Å²) < 4.78 is 1.55. The largest absolute Gasteiger partial charge is 0.478 e. The molecule has 9 heteroatoms. The number of aromatic carboxylic acids is 3. The Bertz CT molecular complexity index is 778. The van der Waals surface area contributed by atoms with Crippen molar-refractivity contribution in [2.45, 2.75) is 19.3 Å². The molecule has 1 rings (SSSR count). The highest BCUT2D eigenvalue weighted by atomic mass is 16.4. The van der Waals surface area contributed by atoms with Crippen molar-refractivity contribution in [3.8, 4) is 0 Å². The van der Waals surface area contributed by atoms with Crippen LogP contribution in [0.1, 0.15) is 47.8 Å².